The van der Waals surface area contributed by atoms with Crippen LogP contribution in [0.15, 0.2) is 66.7 Å². The number of aromatic nitrogens is 2. The minimum atomic E-state index is -0.0640. The van der Waals surface area contributed by atoms with Gasteiger partial charge in [-0.05, 0) is 55.3 Å². The Kier molecular flexibility index (Phi) is 5.13. The summed E-state index contributed by atoms with van der Waals surface area (Å²) in [7, 11) is 1.67. The molecule has 3 aromatic carbocycles. The third kappa shape index (κ3) is 3.78. The summed E-state index contributed by atoms with van der Waals surface area (Å²) in [5.74, 6) is 1.72. The van der Waals surface area contributed by atoms with Crippen molar-refractivity contribution in [3.05, 3.63) is 83.4 Å². The van der Waals surface area contributed by atoms with E-state index in [0.29, 0.717) is 6.61 Å². The normalized spacial score (nSPS) is 12.2. The molecule has 0 spiro atoms. The lowest BCUT2D eigenvalue weighted by Crippen LogP contribution is -2.03. The molecule has 0 unspecified atom stereocenters. The molecule has 0 aliphatic carbocycles. The maximum atomic E-state index is 6.18. The molecular formula is C24H24N2O2. The number of ether oxygens (including phenoxy) is 2. The van der Waals surface area contributed by atoms with Gasteiger partial charge in [-0.3, -0.25) is 0 Å². The molecule has 1 aromatic heterocycles. The van der Waals surface area contributed by atoms with Gasteiger partial charge in [0.15, 0.2) is 0 Å². The second-order valence-corrected chi connectivity index (χ2v) is 6.99. The molecule has 0 aliphatic heterocycles. The van der Waals surface area contributed by atoms with E-state index in [1.54, 1.807) is 7.11 Å². The highest BCUT2D eigenvalue weighted by atomic mass is 16.5. The van der Waals surface area contributed by atoms with Gasteiger partial charge in [0.2, 0.25) is 0 Å². The van der Waals surface area contributed by atoms with Crippen LogP contribution in [-0.4, -0.2) is 17.1 Å². The fraction of sp³-hybridized carbons (Fsp3) is 0.208. The quantitative estimate of drug-likeness (QED) is 0.463. The molecule has 1 atom stereocenters. The lowest BCUT2D eigenvalue weighted by molar-refractivity contribution is 0.0528. The molecule has 142 valence electrons. The number of nitrogens with zero attached hydrogens (tertiary/aromatic N) is 1. The van der Waals surface area contributed by atoms with E-state index in [0.717, 1.165) is 39.3 Å². The fourth-order valence-electron chi connectivity index (χ4n) is 3.34. The summed E-state index contributed by atoms with van der Waals surface area (Å²) in [5.41, 5.74) is 6.52. The van der Waals surface area contributed by atoms with E-state index in [2.05, 4.69) is 37.0 Å². The molecule has 0 aliphatic rings. The van der Waals surface area contributed by atoms with Crippen molar-refractivity contribution in [1.29, 1.82) is 0 Å². The highest BCUT2D eigenvalue weighted by Gasteiger charge is 2.16. The Bertz CT molecular complexity index is 1050. The van der Waals surface area contributed by atoms with Gasteiger partial charge in [0.05, 0.1) is 30.9 Å². The van der Waals surface area contributed by atoms with Gasteiger partial charge in [-0.2, -0.15) is 0 Å². The highest BCUT2D eigenvalue weighted by molar-refractivity contribution is 5.80. The van der Waals surface area contributed by atoms with E-state index < -0.39 is 0 Å². The zero-order valence-corrected chi connectivity index (χ0v) is 16.4. The zero-order chi connectivity index (χ0) is 19.5. The predicted molar refractivity (Wildman–Crippen MR) is 112 cm³/mol. The first-order valence-corrected chi connectivity index (χ1v) is 9.44. The van der Waals surface area contributed by atoms with Crippen LogP contribution < -0.4 is 4.74 Å². The Morgan fingerprint density at radius 1 is 1.00 bits per heavy atom. The Morgan fingerprint density at radius 2 is 1.79 bits per heavy atom. The van der Waals surface area contributed by atoms with Crippen LogP contribution in [-0.2, 0) is 11.3 Å². The van der Waals surface area contributed by atoms with E-state index >= 15 is 0 Å². The minimum absolute atomic E-state index is 0.0640. The second-order valence-electron chi connectivity index (χ2n) is 6.99. The van der Waals surface area contributed by atoms with Gasteiger partial charge in [-0.1, -0.05) is 42.0 Å². The maximum absolute atomic E-state index is 6.18. The van der Waals surface area contributed by atoms with E-state index in [1.807, 2.05) is 48.5 Å². The Hall–Kier alpha value is -3.11. The first kappa shape index (κ1) is 18.3. The topological polar surface area (TPSA) is 47.1 Å². The fourth-order valence-corrected chi connectivity index (χ4v) is 3.34. The number of fused-ring (bicyclic) bond motifs is 1. The molecule has 0 radical (unpaired) electrons. The van der Waals surface area contributed by atoms with Crippen LogP contribution >= 0.6 is 0 Å². The number of aromatic amines is 1. The monoisotopic (exact) mass is 372 g/mol. The molecule has 0 fully saturated rings. The number of nitrogens with one attached hydrogen (secondary N) is 1. The summed E-state index contributed by atoms with van der Waals surface area (Å²) in [6.45, 7) is 4.72. The Balaban J connectivity index is 1.59. The molecule has 0 bridgehead atoms. The molecule has 1 N–H and O–H groups in total. The largest absolute Gasteiger partial charge is 0.497 e. The van der Waals surface area contributed by atoms with Crippen LogP contribution in [0.25, 0.3) is 22.4 Å². The van der Waals surface area contributed by atoms with Gasteiger partial charge in [-0.25, -0.2) is 4.98 Å². The number of benzene rings is 3. The molecule has 1 heterocycles. The smallest absolute Gasteiger partial charge is 0.138 e. The molecule has 0 saturated carbocycles. The number of imidazole rings is 1. The summed E-state index contributed by atoms with van der Waals surface area (Å²) >= 11 is 0. The summed E-state index contributed by atoms with van der Waals surface area (Å²) in [5, 5.41) is 0. The van der Waals surface area contributed by atoms with Gasteiger partial charge < -0.3 is 14.5 Å². The molecule has 0 saturated heterocycles. The van der Waals surface area contributed by atoms with E-state index in [9.17, 15) is 0 Å². The van der Waals surface area contributed by atoms with Crippen molar-refractivity contribution in [2.24, 2.45) is 0 Å². The van der Waals surface area contributed by atoms with Gasteiger partial charge in [0.25, 0.3) is 0 Å². The highest BCUT2D eigenvalue weighted by Crippen LogP contribution is 2.31. The number of hydrogen-bond donors (Lipinski definition) is 1. The van der Waals surface area contributed by atoms with Gasteiger partial charge in [0, 0.05) is 5.56 Å². The van der Waals surface area contributed by atoms with Crippen LogP contribution in [0.5, 0.6) is 5.75 Å². The number of H-pyrrole nitrogens is 1. The van der Waals surface area contributed by atoms with Crippen molar-refractivity contribution >= 4 is 11.0 Å². The molecule has 4 heteroatoms. The van der Waals surface area contributed by atoms with Crippen LogP contribution in [0, 0.1) is 6.92 Å². The SMILES string of the molecule is COc1ccc(CO[C@@H](C)c2ccc(C)cc2-c2nc3ccccc3[nH]2)cc1. The maximum Gasteiger partial charge on any atom is 0.138 e. The number of methoxy groups -OCH3 is 1. The number of para-hydroxylation sites is 2. The number of hydrogen-bond acceptors (Lipinski definition) is 3. The van der Waals surface area contributed by atoms with Crippen molar-refractivity contribution < 1.29 is 9.47 Å². The van der Waals surface area contributed by atoms with E-state index in [1.165, 1.54) is 5.56 Å². The van der Waals surface area contributed by atoms with Crippen molar-refractivity contribution in [3.63, 3.8) is 0 Å². The van der Waals surface area contributed by atoms with Crippen LogP contribution in [0.2, 0.25) is 0 Å². The first-order chi connectivity index (χ1) is 13.6. The molecule has 0 amide bonds. The van der Waals surface area contributed by atoms with Crippen molar-refractivity contribution in [3.8, 4) is 17.1 Å². The average Bonchev–Trinajstić information content (AvgIpc) is 3.16. The molecule has 4 nitrogen and oxygen atoms in total. The van der Waals surface area contributed by atoms with Crippen LogP contribution in [0.4, 0.5) is 0 Å². The molecule has 4 aromatic rings. The van der Waals surface area contributed by atoms with Crippen molar-refractivity contribution in [2.45, 2.75) is 26.6 Å². The standard InChI is InChI=1S/C24H24N2O2/c1-16-8-13-20(17(2)28-15-18-9-11-19(27-3)12-10-18)21(14-16)24-25-22-6-4-5-7-23(22)26-24/h4-14,17H,15H2,1-3H3,(H,25,26)/t17-/m0/s1. The molecule has 4 rings (SSSR count). The predicted octanol–water partition coefficient (Wildman–Crippen LogP) is 5.82. The lowest BCUT2D eigenvalue weighted by atomic mass is 10.00. The summed E-state index contributed by atoms with van der Waals surface area (Å²) in [6.07, 6.45) is -0.0640. The van der Waals surface area contributed by atoms with Crippen LogP contribution in [0.1, 0.15) is 29.7 Å². The van der Waals surface area contributed by atoms with E-state index in [-0.39, 0.29) is 6.10 Å². The Labute approximate surface area is 165 Å². The minimum Gasteiger partial charge on any atom is -0.497 e. The van der Waals surface area contributed by atoms with Gasteiger partial charge >= 0.3 is 0 Å². The van der Waals surface area contributed by atoms with Crippen LogP contribution in [0.3, 0.4) is 0 Å². The van der Waals surface area contributed by atoms with Crippen molar-refractivity contribution in [2.75, 3.05) is 7.11 Å². The molecular weight excluding hydrogens is 348 g/mol. The number of rotatable bonds is 6. The summed E-state index contributed by atoms with van der Waals surface area (Å²) in [4.78, 5) is 8.22. The third-order valence-electron chi connectivity index (χ3n) is 4.95. The van der Waals surface area contributed by atoms with E-state index in [4.69, 9.17) is 14.5 Å². The molecule has 28 heavy (non-hydrogen) atoms. The lowest BCUT2D eigenvalue weighted by Gasteiger charge is -2.17. The van der Waals surface area contributed by atoms with Gasteiger partial charge in [-0.15, -0.1) is 0 Å². The Morgan fingerprint density at radius 3 is 2.54 bits per heavy atom. The van der Waals surface area contributed by atoms with Gasteiger partial charge in [0.1, 0.15) is 11.6 Å². The van der Waals surface area contributed by atoms with Crippen molar-refractivity contribution in [1.82, 2.24) is 9.97 Å². The first-order valence-electron chi connectivity index (χ1n) is 9.44. The number of aryl methyl sites for hydroxylation is 1. The third-order valence-corrected chi connectivity index (χ3v) is 4.95. The summed E-state index contributed by atoms with van der Waals surface area (Å²) < 4.78 is 11.4. The average molecular weight is 372 g/mol. The summed E-state index contributed by atoms with van der Waals surface area (Å²) in [6, 6.07) is 22.5. The zero-order valence-electron chi connectivity index (χ0n) is 16.4. The second kappa shape index (κ2) is 7.87.